The SMILES string of the molecule is CCCCCCC[C@H]1C(=O)CC[C@@H]1CCC(O)C[C@@H]1C[C@@H]1CC. The Morgan fingerprint density at radius 1 is 1.04 bits per heavy atom. The van der Waals surface area contributed by atoms with Gasteiger partial charge in [-0.25, -0.2) is 0 Å². The zero-order valence-corrected chi connectivity index (χ0v) is 15.4. The van der Waals surface area contributed by atoms with Crippen molar-refractivity contribution in [1.29, 1.82) is 0 Å². The second-order valence-electron chi connectivity index (χ2n) is 8.21. The van der Waals surface area contributed by atoms with Crippen LogP contribution in [0, 0.1) is 23.7 Å². The Kier molecular flexibility index (Phi) is 8.09. The van der Waals surface area contributed by atoms with Crippen molar-refractivity contribution in [3.05, 3.63) is 0 Å². The predicted molar refractivity (Wildman–Crippen MR) is 96.3 cm³/mol. The van der Waals surface area contributed by atoms with Crippen molar-refractivity contribution >= 4 is 5.78 Å². The molecule has 2 heteroatoms. The molecule has 0 saturated heterocycles. The van der Waals surface area contributed by atoms with Crippen LogP contribution in [0.3, 0.4) is 0 Å². The largest absolute Gasteiger partial charge is 0.393 e. The van der Waals surface area contributed by atoms with Crippen LogP contribution in [0.1, 0.15) is 97.3 Å². The Labute approximate surface area is 143 Å². The highest BCUT2D eigenvalue weighted by Crippen LogP contribution is 2.45. The number of ketones is 1. The van der Waals surface area contributed by atoms with Crippen molar-refractivity contribution < 1.29 is 9.90 Å². The number of aliphatic hydroxyl groups is 1. The molecule has 0 aromatic heterocycles. The summed E-state index contributed by atoms with van der Waals surface area (Å²) < 4.78 is 0. The first-order valence-electron chi connectivity index (χ1n) is 10.4. The van der Waals surface area contributed by atoms with Gasteiger partial charge in [-0.05, 0) is 56.3 Å². The molecule has 5 atom stereocenters. The molecule has 2 fully saturated rings. The lowest BCUT2D eigenvalue weighted by molar-refractivity contribution is -0.121. The van der Waals surface area contributed by atoms with Gasteiger partial charge in [0.15, 0.2) is 0 Å². The predicted octanol–water partition coefficient (Wildman–Crippen LogP) is 5.52. The van der Waals surface area contributed by atoms with Crippen LogP contribution >= 0.6 is 0 Å². The third-order valence-corrected chi connectivity index (χ3v) is 6.40. The van der Waals surface area contributed by atoms with Crippen molar-refractivity contribution in [1.82, 2.24) is 0 Å². The lowest BCUT2D eigenvalue weighted by Gasteiger charge is -2.20. The van der Waals surface area contributed by atoms with Gasteiger partial charge >= 0.3 is 0 Å². The molecular weight excluding hydrogens is 284 g/mol. The molecule has 2 nitrogen and oxygen atoms in total. The van der Waals surface area contributed by atoms with Gasteiger partial charge in [0.25, 0.3) is 0 Å². The minimum Gasteiger partial charge on any atom is -0.393 e. The summed E-state index contributed by atoms with van der Waals surface area (Å²) >= 11 is 0. The standard InChI is InChI=1S/C21H38O2/c1-3-5-6-7-8-9-20-17(11-13-21(20)23)10-12-19(22)15-18-14-16(18)4-2/h16-20,22H,3-15H2,1-2H3/t16-,17-,18-,19?,20+/m0/s1. The second-order valence-corrected chi connectivity index (χ2v) is 8.21. The molecule has 1 unspecified atom stereocenters. The monoisotopic (exact) mass is 322 g/mol. The van der Waals surface area contributed by atoms with Crippen LogP contribution < -0.4 is 0 Å². The highest BCUT2D eigenvalue weighted by Gasteiger charge is 2.37. The van der Waals surface area contributed by atoms with Gasteiger partial charge in [-0.15, -0.1) is 0 Å². The first-order valence-corrected chi connectivity index (χ1v) is 10.4. The number of carbonyl (C=O) groups is 1. The van der Waals surface area contributed by atoms with Crippen molar-refractivity contribution in [3.63, 3.8) is 0 Å². The van der Waals surface area contributed by atoms with Gasteiger partial charge in [0.1, 0.15) is 5.78 Å². The van der Waals surface area contributed by atoms with Crippen LogP contribution in [0.5, 0.6) is 0 Å². The van der Waals surface area contributed by atoms with Crippen LogP contribution in [-0.2, 0) is 4.79 Å². The first-order chi connectivity index (χ1) is 11.2. The molecule has 0 aliphatic heterocycles. The van der Waals surface area contributed by atoms with E-state index in [-0.39, 0.29) is 6.10 Å². The van der Waals surface area contributed by atoms with E-state index in [1.807, 2.05) is 0 Å². The highest BCUT2D eigenvalue weighted by molar-refractivity contribution is 5.83. The maximum absolute atomic E-state index is 12.2. The lowest BCUT2D eigenvalue weighted by atomic mass is 9.86. The molecule has 23 heavy (non-hydrogen) atoms. The number of carbonyl (C=O) groups excluding carboxylic acids is 1. The summed E-state index contributed by atoms with van der Waals surface area (Å²) in [6, 6.07) is 0. The Balaban J connectivity index is 1.63. The summed E-state index contributed by atoms with van der Waals surface area (Å²) in [5.74, 6) is 3.05. The Morgan fingerprint density at radius 2 is 1.83 bits per heavy atom. The molecule has 0 spiro atoms. The average Bonchev–Trinajstić information content (AvgIpc) is 3.20. The van der Waals surface area contributed by atoms with E-state index < -0.39 is 0 Å². The second kappa shape index (κ2) is 9.81. The van der Waals surface area contributed by atoms with Crippen LogP contribution in [0.4, 0.5) is 0 Å². The molecular formula is C21H38O2. The number of unbranched alkanes of at least 4 members (excludes halogenated alkanes) is 4. The number of hydrogen-bond acceptors (Lipinski definition) is 2. The molecule has 0 heterocycles. The Bertz CT molecular complexity index is 352. The maximum Gasteiger partial charge on any atom is 0.136 e. The topological polar surface area (TPSA) is 37.3 Å². The lowest BCUT2D eigenvalue weighted by Crippen LogP contribution is -2.17. The molecule has 2 aliphatic carbocycles. The summed E-state index contributed by atoms with van der Waals surface area (Å²) in [6.45, 7) is 4.50. The van der Waals surface area contributed by atoms with Crippen LogP contribution in [0.25, 0.3) is 0 Å². The molecule has 0 aromatic carbocycles. The Hall–Kier alpha value is -0.370. The number of hydrogen-bond donors (Lipinski definition) is 1. The molecule has 2 saturated carbocycles. The summed E-state index contributed by atoms with van der Waals surface area (Å²) in [4.78, 5) is 12.2. The molecule has 0 amide bonds. The fourth-order valence-electron chi connectivity index (χ4n) is 4.66. The zero-order valence-electron chi connectivity index (χ0n) is 15.4. The molecule has 1 N–H and O–H groups in total. The average molecular weight is 323 g/mol. The number of rotatable bonds is 12. The minimum absolute atomic E-state index is 0.127. The van der Waals surface area contributed by atoms with Crippen molar-refractivity contribution in [2.24, 2.45) is 23.7 Å². The maximum atomic E-state index is 12.2. The van der Waals surface area contributed by atoms with Gasteiger partial charge in [0, 0.05) is 12.3 Å². The van der Waals surface area contributed by atoms with Crippen LogP contribution in [0.15, 0.2) is 0 Å². The molecule has 0 aromatic rings. The van der Waals surface area contributed by atoms with E-state index in [1.54, 1.807) is 0 Å². The smallest absolute Gasteiger partial charge is 0.136 e. The highest BCUT2D eigenvalue weighted by atomic mass is 16.3. The van der Waals surface area contributed by atoms with Gasteiger partial charge in [0.2, 0.25) is 0 Å². The van der Waals surface area contributed by atoms with E-state index in [4.69, 9.17) is 0 Å². The number of Topliss-reactive ketones (excluding diaryl/α,β-unsaturated/α-hetero) is 1. The first kappa shape index (κ1) is 19.0. The molecule has 134 valence electrons. The molecule has 0 radical (unpaired) electrons. The summed E-state index contributed by atoms with van der Waals surface area (Å²) in [7, 11) is 0. The van der Waals surface area contributed by atoms with E-state index in [0.29, 0.717) is 17.6 Å². The van der Waals surface area contributed by atoms with Gasteiger partial charge < -0.3 is 5.11 Å². The van der Waals surface area contributed by atoms with Gasteiger partial charge in [-0.3, -0.25) is 4.79 Å². The fourth-order valence-corrected chi connectivity index (χ4v) is 4.66. The Morgan fingerprint density at radius 3 is 2.52 bits per heavy atom. The van der Waals surface area contributed by atoms with E-state index in [0.717, 1.165) is 50.4 Å². The van der Waals surface area contributed by atoms with Crippen molar-refractivity contribution in [3.8, 4) is 0 Å². The molecule has 2 aliphatic rings. The van der Waals surface area contributed by atoms with Gasteiger partial charge in [0.05, 0.1) is 6.10 Å². The third kappa shape index (κ3) is 6.21. The zero-order chi connectivity index (χ0) is 16.7. The van der Waals surface area contributed by atoms with Crippen LogP contribution in [-0.4, -0.2) is 17.0 Å². The minimum atomic E-state index is -0.127. The van der Waals surface area contributed by atoms with E-state index >= 15 is 0 Å². The quantitative estimate of drug-likeness (QED) is 0.480. The summed E-state index contributed by atoms with van der Waals surface area (Å²) in [5.41, 5.74) is 0. The van der Waals surface area contributed by atoms with Crippen molar-refractivity contribution in [2.75, 3.05) is 0 Å². The van der Waals surface area contributed by atoms with E-state index in [9.17, 15) is 9.90 Å². The fraction of sp³-hybridized carbons (Fsp3) is 0.952. The van der Waals surface area contributed by atoms with E-state index in [2.05, 4.69) is 13.8 Å². The molecule has 2 rings (SSSR count). The van der Waals surface area contributed by atoms with Gasteiger partial charge in [-0.2, -0.15) is 0 Å². The normalized spacial score (nSPS) is 31.5. The summed E-state index contributed by atoms with van der Waals surface area (Å²) in [5, 5.41) is 10.3. The van der Waals surface area contributed by atoms with E-state index in [1.165, 1.54) is 44.9 Å². The molecule has 0 bridgehead atoms. The number of aliphatic hydroxyl groups excluding tert-OH is 1. The van der Waals surface area contributed by atoms with Crippen molar-refractivity contribution in [2.45, 2.75) is 103 Å². The third-order valence-electron chi connectivity index (χ3n) is 6.40. The van der Waals surface area contributed by atoms with Gasteiger partial charge in [-0.1, -0.05) is 52.4 Å². The summed E-state index contributed by atoms with van der Waals surface area (Å²) in [6.07, 6.45) is 14.9. The van der Waals surface area contributed by atoms with Crippen LogP contribution in [0.2, 0.25) is 0 Å².